The zero-order valence-electron chi connectivity index (χ0n) is 12.7. The second kappa shape index (κ2) is 6.38. The van der Waals surface area contributed by atoms with Crippen molar-refractivity contribution in [1.82, 2.24) is 10.2 Å². The third-order valence-corrected chi connectivity index (χ3v) is 5.54. The van der Waals surface area contributed by atoms with E-state index in [0.717, 1.165) is 6.04 Å². The summed E-state index contributed by atoms with van der Waals surface area (Å²) in [5, 5.41) is 3.77. The van der Waals surface area contributed by atoms with Crippen LogP contribution in [0.1, 0.15) is 65.7 Å². The second-order valence-corrected chi connectivity index (χ2v) is 6.94. The van der Waals surface area contributed by atoms with Gasteiger partial charge in [-0.1, -0.05) is 33.1 Å². The number of likely N-dealkylation sites (tertiary alicyclic amines) is 1. The highest BCUT2D eigenvalue weighted by Gasteiger charge is 2.30. The minimum absolute atomic E-state index is 0.620. The maximum Gasteiger partial charge on any atom is 0.0192 e. The lowest BCUT2D eigenvalue weighted by Crippen LogP contribution is -2.48. The first-order valence-corrected chi connectivity index (χ1v) is 8.10. The molecule has 1 aliphatic carbocycles. The largest absolute Gasteiger partial charge is 0.312 e. The molecule has 1 saturated heterocycles. The van der Waals surface area contributed by atoms with E-state index in [0.29, 0.717) is 11.5 Å². The number of nitrogens with zero attached hydrogens (tertiary/aromatic N) is 1. The van der Waals surface area contributed by atoms with Gasteiger partial charge in [-0.3, -0.25) is 4.90 Å². The monoisotopic (exact) mass is 252 g/mol. The van der Waals surface area contributed by atoms with Crippen molar-refractivity contribution in [2.45, 2.75) is 77.8 Å². The maximum absolute atomic E-state index is 3.77. The molecule has 1 heterocycles. The molecule has 2 heteroatoms. The zero-order chi connectivity index (χ0) is 13.0. The standard InChI is InChI=1S/C16H32N2/c1-4-16(3)9-11-18(12-10-16)14(2)13-17-15-7-5-6-8-15/h14-15,17H,4-13H2,1-3H3. The highest BCUT2D eigenvalue weighted by molar-refractivity contribution is 4.85. The summed E-state index contributed by atoms with van der Waals surface area (Å²) in [5.74, 6) is 0. The van der Waals surface area contributed by atoms with Crippen LogP contribution in [0, 0.1) is 5.41 Å². The molecule has 0 radical (unpaired) electrons. The molecule has 1 aliphatic heterocycles. The summed E-state index contributed by atoms with van der Waals surface area (Å²) >= 11 is 0. The molecule has 0 aromatic rings. The predicted molar refractivity (Wildman–Crippen MR) is 78.9 cm³/mol. The van der Waals surface area contributed by atoms with E-state index in [1.807, 2.05) is 0 Å². The van der Waals surface area contributed by atoms with Crippen LogP contribution in [0.5, 0.6) is 0 Å². The van der Waals surface area contributed by atoms with Gasteiger partial charge in [-0.15, -0.1) is 0 Å². The van der Waals surface area contributed by atoms with Crippen LogP contribution in [0.15, 0.2) is 0 Å². The Balaban J connectivity index is 1.68. The summed E-state index contributed by atoms with van der Waals surface area (Å²) in [5.41, 5.74) is 0.620. The quantitative estimate of drug-likeness (QED) is 0.806. The topological polar surface area (TPSA) is 15.3 Å². The molecule has 18 heavy (non-hydrogen) atoms. The molecule has 1 atom stereocenters. The van der Waals surface area contributed by atoms with E-state index in [2.05, 4.69) is 31.0 Å². The maximum atomic E-state index is 3.77. The second-order valence-electron chi connectivity index (χ2n) is 6.94. The smallest absolute Gasteiger partial charge is 0.0192 e. The van der Waals surface area contributed by atoms with Crippen molar-refractivity contribution in [2.75, 3.05) is 19.6 Å². The molecule has 2 rings (SSSR count). The lowest BCUT2D eigenvalue weighted by molar-refractivity contribution is 0.0851. The van der Waals surface area contributed by atoms with Gasteiger partial charge in [-0.2, -0.15) is 0 Å². The number of piperidine rings is 1. The van der Waals surface area contributed by atoms with Crippen LogP contribution >= 0.6 is 0 Å². The molecular formula is C16H32N2. The van der Waals surface area contributed by atoms with Crippen molar-refractivity contribution >= 4 is 0 Å². The predicted octanol–water partition coefficient (Wildman–Crippen LogP) is 3.42. The Morgan fingerprint density at radius 1 is 1.22 bits per heavy atom. The van der Waals surface area contributed by atoms with Gasteiger partial charge in [-0.05, 0) is 51.1 Å². The fourth-order valence-corrected chi connectivity index (χ4v) is 3.45. The summed E-state index contributed by atoms with van der Waals surface area (Å²) in [6.07, 6.45) is 9.79. The average molecular weight is 252 g/mol. The van der Waals surface area contributed by atoms with E-state index in [1.165, 1.54) is 64.6 Å². The van der Waals surface area contributed by atoms with Gasteiger partial charge in [0.2, 0.25) is 0 Å². The first-order chi connectivity index (χ1) is 8.63. The molecular weight excluding hydrogens is 220 g/mol. The van der Waals surface area contributed by atoms with E-state index in [1.54, 1.807) is 0 Å². The summed E-state index contributed by atoms with van der Waals surface area (Å²) in [6, 6.07) is 1.53. The highest BCUT2D eigenvalue weighted by atomic mass is 15.2. The molecule has 1 N–H and O–H groups in total. The van der Waals surface area contributed by atoms with E-state index in [9.17, 15) is 0 Å². The Kier molecular flexibility index (Phi) is 5.08. The minimum atomic E-state index is 0.620. The van der Waals surface area contributed by atoms with Crippen molar-refractivity contribution in [1.29, 1.82) is 0 Å². The molecule has 0 aromatic heterocycles. The lowest BCUT2D eigenvalue weighted by atomic mass is 9.78. The first kappa shape index (κ1) is 14.3. The van der Waals surface area contributed by atoms with Gasteiger partial charge in [0.25, 0.3) is 0 Å². The molecule has 0 aromatic carbocycles. The van der Waals surface area contributed by atoms with Crippen LogP contribution in [0.2, 0.25) is 0 Å². The molecule has 2 fully saturated rings. The van der Waals surface area contributed by atoms with Crippen molar-refractivity contribution < 1.29 is 0 Å². The van der Waals surface area contributed by atoms with E-state index in [-0.39, 0.29) is 0 Å². The number of nitrogens with one attached hydrogen (secondary N) is 1. The Hall–Kier alpha value is -0.0800. The summed E-state index contributed by atoms with van der Waals surface area (Å²) in [7, 11) is 0. The lowest BCUT2D eigenvalue weighted by Gasteiger charge is -2.41. The van der Waals surface area contributed by atoms with Crippen LogP contribution in [0.4, 0.5) is 0 Å². The average Bonchev–Trinajstić information content (AvgIpc) is 2.90. The first-order valence-electron chi connectivity index (χ1n) is 8.10. The zero-order valence-corrected chi connectivity index (χ0v) is 12.7. The van der Waals surface area contributed by atoms with Gasteiger partial charge < -0.3 is 5.32 Å². The van der Waals surface area contributed by atoms with Crippen LogP contribution in [-0.4, -0.2) is 36.6 Å². The highest BCUT2D eigenvalue weighted by Crippen LogP contribution is 2.34. The van der Waals surface area contributed by atoms with Crippen LogP contribution in [0.3, 0.4) is 0 Å². The molecule has 1 unspecified atom stereocenters. The van der Waals surface area contributed by atoms with Gasteiger partial charge in [0.05, 0.1) is 0 Å². The van der Waals surface area contributed by atoms with Gasteiger partial charge in [-0.25, -0.2) is 0 Å². The van der Waals surface area contributed by atoms with Crippen molar-refractivity contribution in [3.05, 3.63) is 0 Å². The molecule has 0 amide bonds. The number of hydrogen-bond donors (Lipinski definition) is 1. The van der Waals surface area contributed by atoms with E-state index >= 15 is 0 Å². The van der Waals surface area contributed by atoms with Crippen LogP contribution in [0.25, 0.3) is 0 Å². The summed E-state index contributed by atoms with van der Waals surface area (Å²) in [6.45, 7) is 11.0. The third kappa shape index (κ3) is 3.71. The SMILES string of the molecule is CCC1(C)CCN(C(C)CNC2CCCC2)CC1. The fraction of sp³-hybridized carbons (Fsp3) is 1.00. The van der Waals surface area contributed by atoms with Gasteiger partial charge in [0.1, 0.15) is 0 Å². The third-order valence-electron chi connectivity index (χ3n) is 5.54. The Bertz CT molecular complexity index is 237. The van der Waals surface area contributed by atoms with Crippen molar-refractivity contribution in [3.63, 3.8) is 0 Å². The Morgan fingerprint density at radius 2 is 1.83 bits per heavy atom. The Morgan fingerprint density at radius 3 is 2.39 bits per heavy atom. The summed E-state index contributed by atoms with van der Waals surface area (Å²) in [4.78, 5) is 2.69. The van der Waals surface area contributed by atoms with Crippen LogP contribution < -0.4 is 5.32 Å². The molecule has 0 bridgehead atoms. The molecule has 2 aliphatic rings. The molecule has 1 saturated carbocycles. The summed E-state index contributed by atoms with van der Waals surface area (Å²) < 4.78 is 0. The van der Waals surface area contributed by atoms with Crippen LogP contribution in [-0.2, 0) is 0 Å². The Labute approximate surface area is 114 Å². The normalized spacial score (nSPS) is 27.5. The van der Waals surface area contributed by atoms with Gasteiger partial charge in [0, 0.05) is 18.6 Å². The van der Waals surface area contributed by atoms with Crippen molar-refractivity contribution in [2.24, 2.45) is 5.41 Å². The molecule has 0 spiro atoms. The molecule has 2 nitrogen and oxygen atoms in total. The molecule has 106 valence electrons. The van der Waals surface area contributed by atoms with E-state index < -0.39 is 0 Å². The van der Waals surface area contributed by atoms with E-state index in [4.69, 9.17) is 0 Å². The fourth-order valence-electron chi connectivity index (χ4n) is 3.45. The minimum Gasteiger partial charge on any atom is -0.312 e. The number of hydrogen-bond acceptors (Lipinski definition) is 2. The number of rotatable bonds is 5. The van der Waals surface area contributed by atoms with Gasteiger partial charge in [0.15, 0.2) is 0 Å². The van der Waals surface area contributed by atoms with Gasteiger partial charge >= 0.3 is 0 Å². The van der Waals surface area contributed by atoms with Crippen molar-refractivity contribution in [3.8, 4) is 0 Å².